The van der Waals surface area contributed by atoms with Crippen molar-refractivity contribution in [3.05, 3.63) is 17.8 Å². The molecule has 1 aliphatic rings. The number of rotatable bonds is 3. The summed E-state index contributed by atoms with van der Waals surface area (Å²) in [6.07, 6.45) is 6.85. The molecule has 0 radical (unpaired) electrons. The van der Waals surface area contributed by atoms with E-state index in [4.69, 9.17) is 15.0 Å². The molecule has 2 heterocycles. The molecule has 0 amide bonds. The summed E-state index contributed by atoms with van der Waals surface area (Å²) in [5.41, 5.74) is 2.12. The van der Waals surface area contributed by atoms with Gasteiger partial charge < -0.3 is 15.5 Å². The SMILES string of the molecule is O=C(O)O.c1nc2snnc2cc1CNC1CCCCC1. The smallest absolute Gasteiger partial charge is 0.450 e. The first-order chi connectivity index (χ1) is 10.1. The standard InChI is InChI=1S/C12H16N4S.CH2O3/c1-2-4-10(5-3-1)13-7-9-6-11-12(14-8-9)17-16-15-11;2-1(3)4/h6,8,10,13H,1-5,7H2;(H2,2,3,4). The molecular formula is C13H18N4O3S. The Morgan fingerprint density at radius 1 is 1.33 bits per heavy atom. The summed E-state index contributed by atoms with van der Waals surface area (Å²) in [7, 11) is 0. The highest BCUT2D eigenvalue weighted by atomic mass is 32.1. The molecule has 1 fully saturated rings. The summed E-state index contributed by atoms with van der Waals surface area (Å²) in [6.45, 7) is 0.894. The van der Waals surface area contributed by atoms with Crippen LogP contribution >= 0.6 is 11.5 Å². The summed E-state index contributed by atoms with van der Waals surface area (Å²) in [4.78, 5) is 13.8. The molecule has 0 aliphatic heterocycles. The molecule has 114 valence electrons. The fraction of sp³-hybridized carbons (Fsp3) is 0.538. The molecule has 3 N–H and O–H groups in total. The zero-order valence-corrected chi connectivity index (χ0v) is 12.3. The molecule has 3 rings (SSSR count). The van der Waals surface area contributed by atoms with Crippen molar-refractivity contribution in [1.29, 1.82) is 0 Å². The minimum absolute atomic E-state index is 0.688. The molecule has 8 heteroatoms. The van der Waals surface area contributed by atoms with E-state index in [-0.39, 0.29) is 0 Å². The van der Waals surface area contributed by atoms with Gasteiger partial charge in [-0.05, 0) is 24.5 Å². The van der Waals surface area contributed by atoms with E-state index >= 15 is 0 Å². The third-order valence-corrected chi connectivity index (χ3v) is 4.02. The highest BCUT2D eigenvalue weighted by Crippen LogP contribution is 2.18. The highest BCUT2D eigenvalue weighted by molar-refractivity contribution is 7.12. The van der Waals surface area contributed by atoms with Gasteiger partial charge in [0.15, 0.2) is 4.83 Å². The van der Waals surface area contributed by atoms with E-state index in [0.717, 1.165) is 16.9 Å². The molecule has 1 aliphatic carbocycles. The second-order valence-corrected chi connectivity index (χ2v) is 5.67. The van der Waals surface area contributed by atoms with Gasteiger partial charge in [0.2, 0.25) is 0 Å². The fourth-order valence-electron chi connectivity index (χ4n) is 2.39. The molecule has 0 spiro atoms. The van der Waals surface area contributed by atoms with Crippen LogP contribution in [0, 0.1) is 0 Å². The monoisotopic (exact) mass is 310 g/mol. The van der Waals surface area contributed by atoms with E-state index in [1.807, 2.05) is 6.20 Å². The van der Waals surface area contributed by atoms with Crippen LogP contribution in [0.2, 0.25) is 0 Å². The first-order valence-electron chi connectivity index (χ1n) is 6.87. The maximum absolute atomic E-state index is 8.56. The third-order valence-electron chi connectivity index (χ3n) is 3.36. The second kappa shape index (κ2) is 7.84. The summed E-state index contributed by atoms with van der Waals surface area (Å²) in [5, 5.41) is 21.6. The summed E-state index contributed by atoms with van der Waals surface area (Å²) in [5.74, 6) is 0. The van der Waals surface area contributed by atoms with Crippen LogP contribution in [-0.2, 0) is 6.54 Å². The molecule has 0 saturated heterocycles. The normalized spacial score (nSPS) is 15.4. The van der Waals surface area contributed by atoms with Gasteiger partial charge in [0.05, 0.1) is 0 Å². The van der Waals surface area contributed by atoms with Gasteiger partial charge in [-0.2, -0.15) is 0 Å². The van der Waals surface area contributed by atoms with Crippen molar-refractivity contribution in [3.63, 3.8) is 0 Å². The van der Waals surface area contributed by atoms with Gasteiger partial charge in [0.1, 0.15) is 5.52 Å². The van der Waals surface area contributed by atoms with Gasteiger partial charge in [-0.3, -0.25) is 0 Å². The predicted octanol–water partition coefficient (Wildman–Crippen LogP) is 2.73. The number of pyridine rings is 1. The number of carboxylic acid groups (broad SMARTS) is 2. The molecule has 21 heavy (non-hydrogen) atoms. The zero-order chi connectivity index (χ0) is 15.1. The second-order valence-electron chi connectivity index (χ2n) is 4.94. The fourth-order valence-corrected chi connectivity index (χ4v) is 2.89. The molecule has 0 unspecified atom stereocenters. The maximum Gasteiger partial charge on any atom is 0.503 e. The zero-order valence-electron chi connectivity index (χ0n) is 11.5. The van der Waals surface area contributed by atoms with Gasteiger partial charge in [-0.1, -0.05) is 23.8 Å². The Labute approximate surface area is 126 Å². The minimum Gasteiger partial charge on any atom is -0.450 e. The lowest BCUT2D eigenvalue weighted by molar-refractivity contribution is 0.137. The first-order valence-corrected chi connectivity index (χ1v) is 7.65. The minimum atomic E-state index is -1.83. The highest BCUT2D eigenvalue weighted by Gasteiger charge is 2.12. The molecule has 0 aromatic carbocycles. The first kappa shape index (κ1) is 15.6. The molecule has 7 nitrogen and oxygen atoms in total. The Morgan fingerprint density at radius 2 is 2.05 bits per heavy atom. The van der Waals surface area contributed by atoms with Crippen LogP contribution < -0.4 is 5.32 Å². The number of aromatic nitrogens is 3. The topological polar surface area (TPSA) is 108 Å². The van der Waals surface area contributed by atoms with Crippen molar-refractivity contribution in [2.24, 2.45) is 0 Å². The van der Waals surface area contributed by atoms with Crippen molar-refractivity contribution in [2.45, 2.75) is 44.7 Å². The quantitative estimate of drug-likeness (QED) is 0.799. The van der Waals surface area contributed by atoms with Gasteiger partial charge in [0.25, 0.3) is 0 Å². The molecule has 1 saturated carbocycles. The van der Waals surface area contributed by atoms with Crippen LogP contribution in [0.5, 0.6) is 0 Å². The third kappa shape index (κ3) is 5.24. The van der Waals surface area contributed by atoms with Crippen LogP contribution in [0.1, 0.15) is 37.7 Å². The van der Waals surface area contributed by atoms with E-state index in [0.29, 0.717) is 6.04 Å². The van der Waals surface area contributed by atoms with E-state index < -0.39 is 6.16 Å². The Kier molecular flexibility index (Phi) is 5.82. The number of carbonyl (C=O) groups is 1. The van der Waals surface area contributed by atoms with E-state index in [1.165, 1.54) is 49.2 Å². The Hall–Kier alpha value is -1.80. The summed E-state index contributed by atoms with van der Waals surface area (Å²) >= 11 is 1.35. The number of nitrogens with zero attached hydrogens (tertiary/aromatic N) is 3. The van der Waals surface area contributed by atoms with Gasteiger partial charge >= 0.3 is 6.16 Å². The van der Waals surface area contributed by atoms with Gasteiger partial charge in [-0.25, -0.2) is 9.78 Å². The average Bonchev–Trinajstić information content (AvgIpc) is 2.93. The van der Waals surface area contributed by atoms with Crippen LogP contribution in [0.25, 0.3) is 10.3 Å². The predicted molar refractivity (Wildman–Crippen MR) is 79.6 cm³/mol. The van der Waals surface area contributed by atoms with Crippen LogP contribution in [-0.4, -0.2) is 37.0 Å². The number of nitrogens with one attached hydrogen (secondary N) is 1. The van der Waals surface area contributed by atoms with E-state index in [2.05, 4.69) is 26.0 Å². The number of hydrogen-bond acceptors (Lipinski definition) is 6. The lowest BCUT2D eigenvalue weighted by Gasteiger charge is -2.22. The van der Waals surface area contributed by atoms with E-state index in [9.17, 15) is 0 Å². The largest absolute Gasteiger partial charge is 0.503 e. The molecule has 2 aromatic heterocycles. The lowest BCUT2D eigenvalue weighted by Crippen LogP contribution is -2.30. The van der Waals surface area contributed by atoms with Crippen molar-refractivity contribution in [1.82, 2.24) is 19.9 Å². The van der Waals surface area contributed by atoms with Crippen molar-refractivity contribution in [2.75, 3.05) is 0 Å². The van der Waals surface area contributed by atoms with Gasteiger partial charge in [0, 0.05) is 30.3 Å². The Morgan fingerprint density at radius 3 is 2.76 bits per heavy atom. The summed E-state index contributed by atoms with van der Waals surface area (Å²) in [6, 6.07) is 2.77. The lowest BCUT2D eigenvalue weighted by atomic mass is 9.95. The molecular weight excluding hydrogens is 292 g/mol. The number of hydrogen-bond donors (Lipinski definition) is 3. The van der Waals surface area contributed by atoms with Gasteiger partial charge in [-0.15, -0.1) is 5.10 Å². The maximum atomic E-state index is 8.56. The van der Waals surface area contributed by atoms with Crippen molar-refractivity contribution >= 4 is 28.0 Å². The Balaban J connectivity index is 0.000000361. The summed E-state index contributed by atoms with van der Waals surface area (Å²) < 4.78 is 3.90. The van der Waals surface area contributed by atoms with Crippen molar-refractivity contribution in [3.8, 4) is 0 Å². The van der Waals surface area contributed by atoms with Crippen LogP contribution in [0.3, 0.4) is 0 Å². The molecule has 0 atom stereocenters. The van der Waals surface area contributed by atoms with E-state index in [1.54, 1.807) is 0 Å². The average molecular weight is 310 g/mol. The molecule has 0 bridgehead atoms. The molecule has 2 aromatic rings. The van der Waals surface area contributed by atoms with Crippen molar-refractivity contribution < 1.29 is 15.0 Å². The van der Waals surface area contributed by atoms with Crippen LogP contribution in [0.4, 0.5) is 4.79 Å². The number of fused-ring (bicyclic) bond motifs is 1. The van der Waals surface area contributed by atoms with Crippen LogP contribution in [0.15, 0.2) is 12.3 Å². The Bertz CT molecular complexity index is 580.